The average molecular weight is 335 g/mol. The number of carbonyl (C=O) groups is 1. The zero-order valence-electron chi connectivity index (χ0n) is 11.3. The van der Waals surface area contributed by atoms with Gasteiger partial charge >= 0.3 is 5.97 Å². The van der Waals surface area contributed by atoms with E-state index in [2.05, 4.69) is 15.9 Å². The van der Waals surface area contributed by atoms with Crippen molar-refractivity contribution < 1.29 is 14.6 Å². The van der Waals surface area contributed by atoms with Gasteiger partial charge in [0.15, 0.2) is 0 Å². The van der Waals surface area contributed by atoms with E-state index in [1.165, 1.54) is 0 Å². The highest BCUT2D eigenvalue weighted by Gasteiger charge is 2.13. The lowest BCUT2D eigenvalue weighted by Gasteiger charge is -2.13. The van der Waals surface area contributed by atoms with Gasteiger partial charge in [-0.15, -0.1) is 0 Å². The van der Waals surface area contributed by atoms with Crippen molar-refractivity contribution in [1.82, 2.24) is 0 Å². The fraction of sp³-hybridized carbons (Fsp3) is 0.188. The van der Waals surface area contributed by atoms with Crippen LogP contribution in [-0.4, -0.2) is 11.1 Å². The average Bonchev–Trinajstić information content (AvgIpc) is 2.38. The van der Waals surface area contributed by atoms with Crippen molar-refractivity contribution in [3.05, 3.63) is 63.1 Å². The molecule has 2 aromatic carbocycles. The van der Waals surface area contributed by atoms with Crippen molar-refractivity contribution in [2.75, 3.05) is 0 Å². The van der Waals surface area contributed by atoms with Crippen LogP contribution < -0.4 is 4.74 Å². The summed E-state index contributed by atoms with van der Waals surface area (Å²) in [6.07, 6.45) is 0. The normalized spacial score (nSPS) is 10.3. The lowest BCUT2D eigenvalue weighted by Crippen LogP contribution is -2.07. The lowest BCUT2D eigenvalue weighted by molar-refractivity contribution is 0.0693. The van der Waals surface area contributed by atoms with Gasteiger partial charge in [-0.05, 0) is 59.1 Å². The van der Waals surface area contributed by atoms with Crippen LogP contribution in [0.4, 0.5) is 0 Å². The van der Waals surface area contributed by atoms with Crippen molar-refractivity contribution in [2.45, 2.75) is 20.5 Å². The Morgan fingerprint density at radius 1 is 1.25 bits per heavy atom. The first-order valence-electron chi connectivity index (χ1n) is 6.20. The Morgan fingerprint density at radius 3 is 2.65 bits per heavy atom. The predicted octanol–water partition coefficient (Wildman–Crippen LogP) is 4.34. The Kier molecular flexibility index (Phi) is 4.45. The standard InChI is InChI=1S/C16H15BrO3/c1-10-6-7-15(14(17)8-10)20-9-13-11(2)4-3-5-12(13)16(18)19/h3-8H,9H2,1-2H3,(H,18,19). The summed E-state index contributed by atoms with van der Waals surface area (Å²) in [6.45, 7) is 4.11. The third-order valence-corrected chi connectivity index (χ3v) is 3.72. The first-order chi connectivity index (χ1) is 9.49. The molecule has 0 spiro atoms. The van der Waals surface area contributed by atoms with E-state index < -0.39 is 5.97 Å². The molecule has 0 saturated carbocycles. The van der Waals surface area contributed by atoms with Crippen LogP contribution in [0, 0.1) is 13.8 Å². The van der Waals surface area contributed by atoms with Gasteiger partial charge in [-0.25, -0.2) is 4.79 Å². The summed E-state index contributed by atoms with van der Waals surface area (Å²) in [4.78, 5) is 11.2. The van der Waals surface area contributed by atoms with Crippen LogP contribution in [0.25, 0.3) is 0 Å². The van der Waals surface area contributed by atoms with E-state index in [-0.39, 0.29) is 12.2 Å². The number of carboxylic acids is 1. The molecule has 0 aliphatic rings. The van der Waals surface area contributed by atoms with Crippen LogP contribution in [0.2, 0.25) is 0 Å². The molecular weight excluding hydrogens is 320 g/mol. The van der Waals surface area contributed by atoms with Gasteiger partial charge in [-0.2, -0.15) is 0 Å². The number of halogens is 1. The molecule has 0 aliphatic carbocycles. The zero-order chi connectivity index (χ0) is 14.7. The van der Waals surface area contributed by atoms with Crippen LogP contribution in [0.3, 0.4) is 0 Å². The van der Waals surface area contributed by atoms with E-state index in [0.29, 0.717) is 11.3 Å². The highest BCUT2D eigenvalue weighted by Crippen LogP contribution is 2.27. The molecule has 0 unspecified atom stereocenters. The van der Waals surface area contributed by atoms with Gasteiger partial charge in [0.1, 0.15) is 12.4 Å². The van der Waals surface area contributed by atoms with Crippen molar-refractivity contribution in [2.24, 2.45) is 0 Å². The topological polar surface area (TPSA) is 46.5 Å². The molecule has 1 N–H and O–H groups in total. The molecule has 0 saturated heterocycles. The van der Waals surface area contributed by atoms with E-state index in [1.807, 2.05) is 38.1 Å². The number of aromatic carboxylic acids is 1. The number of carboxylic acid groups (broad SMARTS) is 1. The fourth-order valence-corrected chi connectivity index (χ4v) is 2.57. The van der Waals surface area contributed by atoms with Gasteiger partial charge in [0.05, 0.1) is 10.0 Å². The van der Waals surface area contributed by atoms with Crippen LogP contribution >= 0.6 is 15.9 Å². The Morgan fingerprint density at radius 2 is 2.00 bits per heavy atom. The highest BCUT2D eigenvalue weighted by atomic mass is 79.9. The number of hydrogen-bond donors (Lipinski definition) is 1. The minimum atomic E-state index is -0.935. The Bertz CT molecular complexity index is 650. The van der Waals surface area contributed by atoms with E-state index in [9.17, 15) is 9.90 Å². The first kappa shape index (κ1) is 14.6. The third-order valence-electron chi connectivity index (χ3n) is 3.10. The maximum absolute atomic E-state index is 11.2. The molecule has 4 heteroatoms. The SMILES string of the molecule is Cc1ccc(OCc2c(C)cccc2C(=O)O)c(Br)c1. The van der Waals surface area contributed by atoms with E-state index in [0.717, 1.165) is 15.6 Å². The highest BCUT2D eigenvalue weighted by molar-refractivity contribution is 9.10. The minimum Gasteiger partial charge on any atom is -0.488 e. The van der Waals surface area contributed by atoms with E-state index in [4.69, 9.17) is 4.74 Å². The lowest BCUT2D eigenvalue weighted by atomic mass is 10.0. The van der Waals surface area contributed by atoms with Crippen LogP contribution in [-0.2, 0) is 6.61 Å². The Labute approximate surface area is 126 Å². The number of hydrogen-bond acceptors (Lipinski definition) is 2. The number of rotatable bonds is 4. The molecule has 0 amide bonds. The molecule has 0 atom stereocenters. The molecule has 104 valence electrons. The van der Waals surface area contributed by atoms with Crippen molar-refractivity contribution in [3.8, 4) is 5.75 Å². The summed E-state index contributed by atoms with van der Waals surface area (Å²) in [5.41, 5.74) is 3.03. The quantitative estimate of drug-likeness (QED) is 0.904. The Balaban J connectivity index is 2.25. The molecule has 0 radical (unpaired) electrons. The molecular formula is C16H15BrO3. The monoisotopic (exact) mass is 334 g/mol. The summed E-state index contributed by atoms with van der Waals surface area (Å²) in [6, 6.07) is 11.0. The van der Waals surface area contributed by atoms with E-state index >= 15 is 0 Å². The smallest absolute Gasteiger partial charge is 0.336 e. The maximum Gasteiger partial charge on any atom is 0.336 e. The Hall–Kier alpha value is -1.81. The van der Waals surface area contributed by atoms with Gasteiger partial charge in [0.2, 0.25) is 0 Å². The number of ether oxygens (including phenoxy) is 1. The molecule has 3 nitrogen and oxygen atoms in total. The van der Waals surface area contributed by atoms with Gasteiger partial charge in [-0.3, -0.25) is 0 Å². The van der Waals surface area contributed by atoms with E-state index in [1.54, 1.807) is 12.1 Å². The molecule has 2 aromatic rings. The first-order valence-corrected chi connectivity index (χ1v) is 6.99. The molecule has 0 heterocycles. The molecule has 0 aliphatic heterocycles. The zero-order valence-corrected chi connectivity index (χ0v) is 12.9. The summed E-state index contributed by atoms with van der Waals surface area (Å²) in [7, 11) is 0. The van der Waals surface area contributed by atoms with Gasteiger partial charge in [-0.1, -0.05) is 18.2 Å². The molecule has 0 aromatic heterocycles. The fourth-order valence-electron chi connectivity index (χ4n) is 1.97. The van der Waals surface area contributed by atoms with Crippen molar-refractivity contribution in [3.63, 3.8) is 0 Å². The van der Waals surface area contributed by atoms with Crippen molar-refractivity contribution >= 4 is 21.9 Å². The number of aryl methyl sites for hydroxylation is 2. The minimum absolute atomic E-state index is 0.232. The van der Waals surface area contributed by atoms with Crippen LogP contribution in [0.15, 0.2) is 40.9 Å². The second-order valence-electron chi connectivity index (χ2n) is 4.63. The van der Waals surface area contributed by atoms with Gasteiger partial charge < -0.3 is 9.84 Å². The number of benzene rings is 2. The molecule has 0 bridgehead atoms. The summed E-state index contributed by atoms with van der Waals surface area (Å²) in [5.74, 6) is -0.231. The van der Waals surface area contributed by atoms with Gasteiger partial charge in [0.25, 0.3) is 0 Å². The summed E-state index contributed by atoms with van der Waals surface area (Å²) >= 11 is 3.45. The van der Waals surface area contributed by atoms with Crippen molar-refractivity contribution in [1.29, 1.82) is 0 Å². The predicted molar refractivity (Wildman–Crippen MR) is 81.3 cm³/mol. The molecule has 2 rings (SSSR count). The summed E-state index contributed by atoms with van der Waals surface area (Å²) in [5, 5.41) is 9.21. The van der Waals surface area contributed by atoms with Gasteiger partial charge in [0, 0.05) is 5.56 Å². The molecule has 20 heavy (non-hydrogen) atoms. The summed E-state index contributed by atoms with van der Waals surface area (Å²) < 4.78 is 6.60. The van der Waals surface area contributed by atoms with Crippen LogP contribution in [0.1, 0.15) is 27.0 Å². The second kappa shape index (κ2) is 6.09. The third kappa shape index (κ3) is 3.20. The maximum atomic E-state index is 11.2. The second-order valence-corrected chi connectivity index (χ2v) is 5.48. The van der Waals surface area contributed by atoms with Crippen LogP contribution in [0.5, 0.6) is 5.75 Å². The largest absolute Gasteiger partial charge is 0.488 e. The molecule has 0 fully saturated rings.